The fourth-order valence-electron chi connectivity index (χ4n) is 2.29. The number of nitrogens with zero attached hydrogens (tertiary/aromatic N) is 2. The number of rotatable bonds is 6. The van der Waals surface area contributed by atoms with Gasteiger partial charge in [-0.15, -0.1) is 6.58 Å². The Kier molecular flexibility index (Phi) is 4.72. The number of aliphatic hydroxyl groups excluding tert-OH is 2. The lowest BCUT2D eigenvalue weighted by Crippen LogP contribution is -2.48. The molecule has 6 nitrogen and oxygen atoms in total. The van der Waals surface area contributed by atoms with E-state index in [2.05, 4.69) is 11.7 Å². The van der Waals surface area contributed by atoms with Crippen LogP contribution in [0.3, 0.4) is 0 Å². The van der Waals surface area contributed by atoms with Gasteiger partial charge in [-0.25, -0.2) is 4.79 Å². The quantitative estimate of drug-likeness (QED) is 0.667. The molecule has 1 aromatic carbocycles. The lowest BCUT2D eigenvalue weighted by molar-refractivity contribution is -0.149. The van der Waals surface area contributed by atoms with Crippen LogP contribution in [0, 0.1) is 0 Å². The first-order valence-corrected chi connectivity index (χ1v) is 6.63. The van der Waals surface area contributed by atoms with Crippen LogP contribution in [0.15, 0.2) is 42.0 Å². The first kappa shape index (κ1) is 15.2. The summed E-state index contributed by atoms with van der Waals surface area (Å²) in [5.74, 6) is -1.18. The normalized spacial score (nSPS) is 17.7. The maximum atomic E-state index is 11.4. The topological polar surface area (TPSA) is 93.4 Å². The largest absolute Gasteiger partial charge is 0.480 e. The second kappa shape index (κ2) is 6.51. The van der Waals surface area contributed by atoms with Crippen molar-refractivity contribution in [2.24, 2.45) is 5.10 Å². The Morgan fingerprint density at radius 1 is 1.43 bits per heavy atom. The van der Waals surface area contributed by atoms with Crippen molar-refractivity contribution in [1.29, 1.82) is 0 Å². The molecule has 1 aromatic rings. The minimum Gasteiger partial charge on any atom is -0.480 e. The van der Waals surface area contributed by atoms with E-state index in [1.807, 2.05) is 24.3 Å². The van der Waals surface area contributed by atoms with Crippen molar-refractivity contribution in [3.8, 4) is 0 Å². The third-order valence-corrected chi connectivity index (χ3v) is 3.43. The molecule has 21 heavy (non-hydrogen) atoms. The van der Waals surface area contributed by atoms with Gasteiger partial charge in [0.05, 0.1) is 25.0 Å². The van der Waals surface area contributed by atoms with Crippen molar-refractivity contribution < 1.29 is 20.1 Å². The molecule has 0 saturated heterocycles. The Bertz CT molecular complexity index is 558. The zero-order valence-corrected chi connectivity index (χ0v) is 11.5. The number of aliphatic carboxylic acids is 1. The molecule has 1 aliphatic rings. The van der Waals surface area contributed by atoms with E-state index in [0.717, 1.165) is 11.1 Å². The first-order chi connectivity index (χ1) is 10.0. The number of hydrazone groups is 1. The molecule has 112 valence electrons. The maximum Gasteiger partial charge on any atom is 0.330 e. The third kappa shape index (κ3) is 3.48. The molecule has 0 spiro atoms. The van der Waals surface area contributed by atoms with Crippen molar-refractivity contribution in [3.63, 3.8) is 0 Å². The smallest absolute Gasteiger partial charge is 0.330 e. The standard InChI is InChI=1S/C15H18N2O4/c1-2-12(18)7-13(19)14(15(20)21)17-9-11-6-4-3-5-10(11)8-16-17/h2-6,8,12-14,18-19H,1,7,9H2,(H,20,21). The van der Waals surface area contributed by atoms with Gasteiger partial charge in [0.1, 0.15) is 0 Å². The Morgan fingerprint density at radius 2 is 2.14 bits per heavy atom. The molecule has 0 fully saturated rings. The molecular weight excluding hydrogens is 272 g/mol. The highest BCUT2D eigenvalue weighted by Gasteiger charge is 2.34. The van der Waals surface area contributed by atoms with Gasteiger partial charge in [-0.2, -0.15) is 5.10 Å². The molecule has 0 bridgehead atoms. The zero-order valence-electron chi connectivity index (χ0n) is 11.5. The van der Waals surface area contributed by atoms with Gasteiger partial charge in [0.15, 0.2) is 6.04 Å². The van der Waals surface area contributed by atoms with Crippen LogP contribution in [0.5, 0.6) is 0 Å². The number of hydrogen-bond acceptors (Lipinski definition) is 5. The Morgan fingerprint density at radius 3 is 2.81 bits per heavy atom. The lowest BCUT2D eigenvalue weighted by atomic mass is 10.0. The van der Waals surface area contributed by atoms with E-state index >= 15 is 0 Å². The number of fused-ring (bicyclic) bond motifs is 1. The summed E-state index contributed by atoms with van der Waals surface area (Å²) in [6.45, 7) is 3.70. The summed E-state index contributed by atoms with van der Waals surface area (Å²) in [6, 6.07) is 6.31. The molecule has 0 aliphatic carbocycles. The van der Waals surface area contributed by atoms with E-state index < -0.39 is 24.2 Å². The van der Waals surface area contributed by atoms with E-state index in [1.165, 1.54) is 11.1 Å². The van der Waals surface area contributed by atoms with E-state index in [9.17, 15) is 20.1 Å². The van der Waals surface area contributed by atoms with Gasteiger partial charge in [0.2, 0.25) is 0 Å². The summed E-state index contributed by atoms with van der Waals surface area (Å²) in [6.07, 6.45) is 0.525. The number of hydrogen-bond donors (Lipinski definition) is 3. The molecule has 0 radical (unpaired) electrons. The van der Waals surface area contributed by atoms with Gasteiger partial charge < -0.3 is 15.3 Å². The second-order valence-corrected chi connectivity index (χ2v) is 4.93. The minimum absolute atomic E-state index is 0.103. The fourth-order valence-corrected chi connectivity index (χ4v) is 2.29. The third-order valence-electron chi connectivity index (χ3n) is 3.43. The molecule has 3 N–H and O–H groups in total. The highest BCUT2D eigenvalue weighted by molar-refractivity contribution is 5.83. The highest BCUT2D eigenvalue weighted by atomic mass is 16.4. The van der Waals surface area contributed by atoms with Crippen LogP contribution >= 0.6 is 0 Å². The van der Waals surface area contributed by atoms with Gasteiger partial charge >= 0.3 is 5.97 Å². The van der Waals surface area contributed by atoms with E-state index in [4.69, 9.17) is 0 Å². The van der Waals surface area contributed by atoms with Crippen molar-refractivity contribution >= 4 is 12.2 Å². The molecule has 0 amide bonds. The van der Waals surface area contributed by atoms with Crippen LogP contribution in [-0.4, -0.2) is 50.8 Å². The van der Waals surface area contributed by atoms with Gasteiger partial charge in [-0.3, -0.25) is 5.01 Å². The van der Waals surface area contributed by atoms with Crippen LogP contribution < -0.4 is 0 Å². The van der Waals surface area contributed by atoms with Crippen LogP contribution in [0.2, 0.25) is 0 Å². The van der Waals surface area contributed by atoms with Gasteiger partial charge in [-0.05, 0) is 11.1 Å². The molecule has 2 rings (SSSR count). The number of carboxylic acids is 1. The molecule has 3 unspecified atom stereocenters. The van der Waals surface area contributed by atoms with E-state index in [0.29, 0.717) is 6.54 Å². The monoisotopic (exact) mass is 290 g/mol. The average Bonchev–Trinajstić information content (AvgIpc) is 2.46. The van der Waals surface area contributed by atoms with Gasteiger partial charge in [0.25, 0.3) is 0 Å². The molecule has 1 heterocycles. The molecule has 0 saturated carbocycles. The highest BCUT2D eigenvalue weighted by Crippen LogP contribution is 2.20. The first-order valence-electron chi connectivity index (χ1n) is 6.63. The van der Waals surface area contributed by atoms with Crippen LogP contribution in [0.4, 0.5) is 0 Å². The van der Waals surface area contributed by atoms with E-state index in [1.54, 1.807) is 6.21 Å². The Hall–Kier alpha value is -2.18. The summed E-state index contributed by atoms with van der Waals surface area (Å²) >= 11 is 0. The molecule has 6 heteroatoms. The lowest BCUT2D eigenvalue weighted by Gasteiger charge is -2.32. The fraction of sp³-hybridized carbons (Fsp3) is 0.333. The van der Waals surface area contributed by atoms with Gasteiger partial charge in [0, 0.05) is 6.42 Å². The zero-order chi connectivity index (χ0) is 15.4. The number of carbonyl (C=O) groups is 1. The molecular formula is C15H18N2O4. The van der Waals surface area contributed by atoms with Crippen LogP contribution in [-0.2, 0) is 11.3 Å². The molecule has 3 atom stereocenters. The van der Waals surface area contributed by atoms with Crippen molar-refractivity contribution in [2.45, 2.75) is 31.2 Å². The summed E-state index contributed by atoms with van der Waals surface area (Å²) in [5, 5.41) is 34.3. The van der Waals surface area contributed by atoms with Crippen LogP contribution in [0.25, 0.3) is 0 Å². The second-order valence-electron chi connectivity index (χ2n) is 4.93. The summed E-state index contributed by atoms with van der Waals surface area (Å²) in [7, 11) is 0. The SMILES string of the molecule is C=CC(O)CC(O)C(C(=O)O)N1Cc2ccccc2C=N1. The summed E-state index contributed by atoms with van der Waals surface area (Å²) in [5.41, 5.74) is 1.87. The predicted octanol–water partition coefficient (Wildman–Crippen LogP) is 0.587. The van der Waals surface area contributed by atoms with Crippen molar-refractivity contribution in [2.75, 3.05) is 0 Å². The molecule has 0 aromatic heterocycles. The number of carboxylic acid groups (broad SMARTS) is 1. The minimum atomic E-state index is -1.25. The number of benzene rings is 1. The Balaban J connectivity index is 2.17. The predicted molar refractivity (Wildman–Crippen MR) is 77.8 cm³/mol. The van der Waals surface area contributed by atoms with Crippen LogP contribution in [0.1, 0.15) is 17.5 Å². The number of aliphatic hydroxyl groups is 2. The maximum absolute atomic E-state index is 11.4. The van der Waals surface area contributed by atoms with Crippen molar-refractivity contribution in [3.05, 3.63) is 48.0 Å². The summed E-state index contributed by atoms with van der Waals surface area (Å²) < 4.78 is 0. The summed E-state index contributed by atoms with van der Waals surface area (Å²) in [4.78, 5) is 11.4. The molecule has 1 aliphatic heterocycles. The van der Waals surface area contributed by atoms with Crippen molar-refractivity contribution in [1.82, 2.24) is 5.01 Å². The van der Waals surface area contributed by atoms with E-state index in [-0.39, 0.29) is 6.42 Å². The van der Waals surface area contributed by atoms with Gasteiger partial charge in [-0.1, -0.05) is 30.3 Å². The Labute approximate surface area is 122 Å². The average molecular weight is 290 g/mol.